The Morgan fingerprint density at radius 3 is 2.06 bits per heavy atom. The maximum atomic E-state index is 4.92. The van der Waals surface area contributed by atoms with Crippen molar-refractivity contribution in [3.8, 4) is 0 Å². The fourth-order valence-electron chi connectivity index (χ4n) is 1.95. The zero-order valence-corrected chi connectivity index (χ0v) is 14.0. The first kappa shape index (κ1) is 17.6. The summed E-state index contributed by atoms with van der Waals surface area (Å²) in [6.45, 7) is 17.2. The van der Waals surface area contributed by atoms with Crippen molar-refractivity contribution in [2.45, 2.75) is 72.0 Å². The van der Waals surface area contributed by atoms with Crippen molar-refractivity contribution in [3.63, 3.8) is 0 Å². The second-order valence-corrected chi connectivity index (χ2v) is 6.46. The molecule has 0 aromatic rings. The highest BCUT2D eigenvalue weighted by Gasteiger charge is 2.26. The number of thiol groups is 1. The molecule has 0 spiro atoms. The van der Waals surface area contributed by atoms with Gasteiger partial charge >= 0.3 is 0 Å². The fourth-order valence-corrected chi connectivity index (χ4v) is 2.35. The lowest BCUT2D eigenvalue weighted by molar-refractivity contribution is 0.602. The zero-order valence-electron chi connectivity index (χ0n) is 13.1. The van der Waals surface area contributed by atoms with Crippen LogP contribution in [0.1, 0.15) is 67.2 Å². The second kappa shape index (κ2) is 7.89. The van der Waals surface area contributed by atoms with Crippen LogP contribution in [0, 0.1) is 0 Å². The molecule has 0 N–H and O–H groups in total. The van der Waals surface area contributed by atoms with Crippen LogP contribution in [0.25, 0.3) is 0 Å². The predicted molar refractivity (Wildman–Crippen MR) is 88.5 cm³/mol. The molecule has 0 radical (unpaired) electrons. The molecular formula is C17H30S. The maximum Gasteiger partial charge on any atom is 0.0372 e. The van der Waals surface area contributed by atoms with Crippen LogP contribution in [0.2, 0.25) is 0 Å². The smallest absolute Gasteiger partial charge is 0.0372 e. The lowest BCUT2D eigenvalue weighted by Crippen LogP contribution is -2.23. The summed E-state index contributed by atoms with van der Waals surface area (Å²) >= 11 is 4.92. The van der Waals surface area contributed by atoms with Crippen molar-refractivity contribution in [2.24, 2.45) is 0 Å². The van der Waals surface area contributed by atoms with Crippen molar-refractivity contribution < 1.29 is 0 Å². The van der Waals surface area contributed by atoms with Crippen LogP contribution in [0.4, 0.5) is 0 Å². The first-order chi connectivity index (χ1) is 8.26. The molecule has 0 heterocycles. The Morgan fingerprint density at radius 1 is 1.17 bits per heavy atom. The third kappa shape index (κ3) is 5.48. The minimum atomic E-state index is -0.0636. The molecule has 0 fully saturated rings. The Labute approximate surface area is 120 Å². The Morgan fingerprint density at radius 2 is 1.72 bits per heavy atom. The summed E-state index contributed by atoms with van der Waals surface area (Å²) in [6, 6.07) is 0. The molecule has 1 heteroatoms. The Hall–Kier alpha value is -0.430. The number of hydrogen-bond acceptors (Lipinski definition) is 1. The molecule has 1 unspecified atom stereocenters. The quantitative estimate of drug-likeness (QED) is 0.320. The van der Waals surface area contributed by atoms with Crippen molar-refractivity contribution in [1.29, 1.82) is 0 Å². The summed E-state index contributed by atoms with van der Waals surface area (Å²) < 4.78 is -0.0636. The van der Waals surface area contributed by atoms with Crippen LogP contribution < -0.4 is 0 Å². The van der Waals surface area contributed by atoms with Gasteiger partial charge in [-0.25, -0.2) is 0 Å². The van der Waals surface area contributed by atoms with E-state index >= 15 is 0 Å². The lowest BCUT2D eigenvalue weighted by Gasteiger charge is -2.30. The van der Waals surface area contributed by atoms with E-state index < -0.39 is 0 Å². The van der Waals surface area contributed by atoms with E-state index in [1.165, 1.54) is 22.3 Å². The molecular weight excluding hydrogens is 236 g/mol. The lowest BCUT2D eigenvalue weighted by atomic mass is 9.86. The summed E-state index contributed by atoms with van der Waals surface area (Å²) in [5.74, 6) is 0. The van der Waals surface area contributed by atoms with Gasteiger partial charge in [-0.1, -0.05) is 49.6 Å². The Balaban J connectivity index is 5.22. The highest BCUT2D eigenvalue weighted by molar-refractivity contribution is 7.82. The van der Waals surface area contributed by atoms with Crippen LogP contribution in [-0.4, -0.2) is 4.75 Å². The molecule has 0 bridgehead atoms. The molecule has 0 amide bonds. The van der Waals surface area contributed by atoms with Crippen molar-refractivity contribution in [1.82, 2.24) is 0 Å². The molecule has 0 aliphatic rings. The van der Waals surface area contributed by atoms with Crippen LogP contribution in [0.15, 0.2) is 34.9 Å². The predicted octanol–water partition coefficient (Wildman–Crippen LogP) is 6.11. The average Bonchev–Trinajstić information content (AvgIpc) is 2.27. The van der Waals surface area contributed by atoms with Crippen LogP contribution in [-0.2, 0) is 0 Å². The highest BCUT2D eigenvalue weighted by Crippen LogP contribution is 2.36. The van der Waals surface area contributed by atoms with Gasteiger partial charge in [0.1, 0.15) is 0 Å². The van der Waals surface area contributed by atoms with E-state index in [2.05, 4.69) is 54.2 Å². The van der Waals surface area contributed by atoms with Crippen molar-refractivity contribution >= 4 is 12.6 Å². The SMILES string of the molecule is C=C(C)C(S)(CCC)CC(/C=C(\C)CC)=C(C)C. The van der Waals surface area contributed by atoms with Gasteiger partial charge in [-0.05, 0) is 52.5 Å². The minimum absolute atomic E-state index is 0.0636. The number of rotatable bonds is 7. The zero-order chi connectivity index (χ0) is 14.3. The van der Waals surface area contributed by atoms with Gasteiger partial charge in [0, 0.05) is 4.75 Å². The maximum absolute atomic E-state index is 4.92. The average molecular weight is 266 g/mol. The molecule has 1 atom stereocenters. The minimum Gasteiger partial charge on any atom is -0.168 e. The Bertz CT molecular complexity index is 343. The largest absolute Gasteiger partial charge is 0.168 e. The van der Waals surface area contributed by atoms with Crippen LogP contribution in [0.3, 0.4) is 0 Å². The summed E-state index contributed by atoms with van der Waals surface area (Å²) in [6.07, 6.45) is 6.65. The Kier molecular flexibility index (Phi) is 7.70. The summed E-state index contributed by atoms with van der Waals surface area (Å²) in [7, 11) is 0. The monoisotopic (exact) mass is 266 g/mol. The van der Waals surface area contributed by atoms with E-state index in [0.717, 1.165) is 25.7 Å². The molecule has 0 aromatic heterocycles. The summed E-state index contributed by atoms with van der Waals surface area (Å²) in [5, 5.41) is 0. The van der Waals surface area contributed by atoms with E-state index in [4.69, 9.17) is 12.6 Å². The molecule has 0 nitrogen and oxygen atoms in total. The highest BCUT2D eigenvalue weighted by atomic mass is 32.1. The molecule has 0 aliphatic carbocycles. The topological polar surface area (TPSA) is 0 Å². The van der Waals surface area contributed by atoms with Gasteiger partial charge < -0.3 is 0 Å². The molecule has 0 rings (SSSR count). The van der Waals surface area contributed by atoms with E-state index in [0.29, 0.717) is 0 Å². The first-order valence-corrected chi connectivity index (χ1v) is 7.43. The van der Waals surface area contributed by atoms with Crippen molar-refractivity contribution in [3.05, 3.63) is 34.9 Å². The van der Waals surface area contributed by atoms with Gasteiger partial charge in [-0.2, -0.15) is 12.6 Å². The standard InChI is InChI=1S/C17H30S/c1-8-10-17(18,14(5)6)12-16(13(3)4)11-15(7)9-2/h11,18H,5,8-10,12H2,1-4,6-7H3/b15-11+. The van der Waals surface area contributed by atoms with Gasteiger partial charge in [-0.15, -0.1) is 0 Å². The van der Waals surface area contributed by atoms with Gasteiger partial charge in [-0.3, -0.25) is 0 Å². The number of hydrogen-bond donors (Lipinski definition) is 1. The van der Waals surface area contributed by atoms with E-state index in [1.807, 2.05) is 0 Å². The van der Waals surface area contributed by atoms with E-state index in [1.54, 1.807) is 0 Å². The van der Waals surface area contributed by atoms with Crippen LogP contribution >= 0.6 is 12.6 Å². The summed E-state index contributed by atoms with van der Waals surface area (Å²) in [5.41, 5.74) is 5.41. The normalized spacial score (nSPS) is 15.2. The van der Waals surface area contributed by atoms with E-state index in [-0.39, 0.29) is 4.75 Å². The summed E-state index contributed by atoms with van der Waals surface area (Å²) in [4.78, 5) is 0. The molecule has 0 saturated carbocycles. The third-order valence-corrected chi connectivity index (χ3v) is 4.32. The second-order valence-electron chi connectivity index (χ2n) is 5.61. The van der Waals surface area contributed by atoms with Gasteiger partial charge in [0.15, 0.2) is 0 Å². The molecule has 104 valence electrons. The van der Waals surface area contributed by atoms with Crippen molar-refractivity contribution in [2.75, 3.05) is 0 Å². The van der Waals surface area contributed by atoms with Crippen LogP contribution in [0.5, 0.6) is 0 Å². The molecule has 0 aliphatic heterocycles. The van der Waals surface area contributed by atoms with Gasteiger partial charge in [0.25, 0.3) is 0 Å². The third-order valence-electron chi connectivity index (χ3n) is 3.56. The van der Waals surface area contributed by atoms with Gasteiger partial charge in [0.2, 0.25) is 0 Å². The van der Waals surface area contributed by atoms with Gasteiger partial charge in [0.05, 0.1) is 0 Å². The first-order valence-electron chi connectivity index (χ1n) is 6.98. The molecule has 18 heavy (non-hydrogen) atoms. The molecule has 0 saturated heterocycles. The number of allylic oxidation sites excluding steroid dienone is 4. The van der Waals surface area contributed by atoms with E-state index in [9.17, 15) is 0 Å². The fraction of sp³-hybridized carbons (Fsp3) is 0.647. The molecule has 0 aromatic carbocycles.